The van der Waals surface area contributed by atoms with Gasteiger partial charge in [0.25, 0.3) is 0 Å². The summed E-state index contributed by atoms with van der Waals surface area (Å²) < 4.78 is 5.31. The van der Waals surface area contributed by atoms with Crippen LogP contribution in [-0.2, 0) is 19.4 Å². The highest BCUT2D eigenvalue weighted by molar-refractivity contribution is 7.10. The Labute approximate surface area is 150 Å². The Kier molecular flexibility index (Phi) is 4.13. The molecule has 25 heavy (non-hydrogen) atoms. The van der Waals surface area contributed by atoms with Gasteiger partial charge in [-0.2, -0.15) is 0 Å². The van der Waals surface area contributed by atoms with Gasteiger partial charge in [0.2, 0.25) is 0 Å². The van der Waals surface area contributed by atoms with Gasteiger partial charge in [-0.15, -0.1) is 11.3 Å². The van der Waals surface area contributed by atoms with E-state index in [1.165, 1.54) is 10.4 Å². The number of aryl methyl sites for hydroxylation is 1. The van der Waals surface area contributed by atoms with E-state index < -0.39 is 0 Å². The molecular formula is C20H21NO3S. The average Bonchev–Trinajstić information content (AvgIpc) is 3.06. The van der Waals surface area contributed by atoms with E-state index in [1.54, 1.807) is 12.1 Å². The number of thiophene rings is 1. The second kappa shape index (κ2) is 6.32. The Bertz CT molecular complexity index is 988. The highest BCUT2D eigenvalue weighted by Gasteiger charge is 2.25. The number of hydrogen-bond donors (Lipinski definition) is 1. The minimum Gasteiger partial charge on any atom is -0.508 e. The van der Waals surface area contributed by atoms with Crippen LogP contribution in [0.4, 0.5) is 0 Å². The van der Waals surface area contributed by atoms with E-state index in [4.69, 9.17) is 4.42 Å². The fourth-order valence-corrected chi connectivity index (χ4v) is 4.68. The maximum atomic E-state index is 12.0. The van der Waals surface area contributed by atoms with Crippen LogP contribution in [0.15, 0.2) is 38.9 Å². The summed E-state index contributed by atoms with van der Waals surface area (Å²) in [5.74, 6) is 0.185. The van der Waals surface area contributed by atoms with E-state index in [2.05, 4.69) is 23.3 Å². The summed E-state index contributed by atoms with van der Waals surface area (Å²) in [6, 6.07) is 7.65. The standard InChI is InChI=1S/C20H21NO3S/c1-3-13-8-16-14(9-20(23)24-18(16)10-17(13)22)11-21-6-4-19-15(12(21)2)5-7-25-19/h5,7-10,12,22H,3-4,6,11H2,1-2H3/t12-/m1/s1. The van der Waals surface area contributed by atoms with Gasteiger partial charge in [0.1, 0.15) is 11.3 Å². The van der Waals surface area contributed by atoms with Gasteiger partial charge >= 0.3 is 5.63 Å². The molecule has 1 aliphatic rings. The molecule has 1 aromatic carbocycles. The van der Waals surface area contributed by atoms with Crippen LogP contribution in [0.5, 0.6) is 5.75 Å². The predicted molar refractivity (Wildman–Crippen MR) is 100 cm³/mol. The van der Waals surface area contributed by atoms with Gasteiger partial charge in [0.15, 0.2) is 0 Å². The van der Waals surface area contributed by atoms with Crippen LogP contribution in [0, 0.1) is 0 Å². The zero-order chi connectivity index (χ0) is 17.6. The Morgan fingerprint density at radius 2 is 2.16 bits per heavy atom. The molecule has 1 aliphatic heterocycles. The molecule has 0 radical (unpaired) electrons. The zero-order valence-corrected chi connectivity index (χ0v) is 15.2. The molecule has 0 fully saturated rings. The van der Waals surface area contributed by atoms with Crippen LogP contribution >= 0.6 is 11.3 Å². The Balaban J connectivity index is 1.75. The Morgan fingerprint density at radius 3 is 2.96 bits per heavy atom. The van der Waals surface area contributed by atoms with Crippen LogP contribution in [0.3, 0.4) is 0 Å². The van der Waals surface area contributed by atoms with Gasteiger partial charge in [-0.3, -0.25) is 4.90 Å². The van der Waals surface area contributed by atoms with E-state index in [9.17, 15) is 9.90 Å². The molecule has 4 rings (SSSR count). The van der Waals surface area contributed by atoms with Crippen molar-refractivity contribution in [3.05, 3.63) is 61.6 Å². The highest BCUT2D eigenvalue weighted by atomic mass is 32.1. The molecule has 3 heterocycles. The van der Waals surface area contributed by atoms with Crippen molar-refractivity contribution in [1.82, 2.24) is 4.90 Å². The largest absolute Gasteiger partial charge is 0.508 e. The smallest absolute Gasteiger partial charge is 0.336 e. The van der Waals surface area contributed by atoms with Crippen LogP contribution in [0.2, 0.25) is 0 Å². The molecule has 0 amide bonds. The van der Waals surface area contributed by atoms with Gasteiger partial charge in [-0.25, -0.2) is 4.79 Å². The molecule has 4 nitrogen and oxygen atoms in total. The molecule has 0 saturated heterocycles. The molecule has 0 unspecified atom stereocenters. The number of aromatic hydroxyl groups is 1. The molecule has 130 valence electrons. The number of phenolic OH excluding ortho intramolecular Hbond substituents is 1. The van der Waals surface area contributed by atoms with E-state index in [0.717, 1.165) is 35.9 Å². The van der Waals surface area contributed by atoms with Crippen LogP contribution < -0.4 is 5.63 Å². The normalized spacial score (nSPS) is 17.8. The summed E-state index contributed by atoms with van der Waals surface area (Å²) in [5.41, 5.74) is 3.32. The fraction of sp³-hybridized carbons (Fsp3) is 0.350. The lowest BCUT2D eigenvalue weighted by Gasteiger charge is -2.33. The first-order valence-corrected chi connectivity index (χ1v) is 9.53. The third kappa shape index (κ3) is 2.87. The summed E-state index contributed by atoms with van der Waals surface area (Å²) in [4.78, 5) is 15.9. The van der Waals surface area contributed by atoms with Gasteiger partial charge in [-0.05, 0) is 54.0 Å². The molecule has 5 heteroatoms. The lowest BCUT2D eigenvalue weighted by atomic mass is 9.99. The first-order chi connectivity index (χ1) is 12.1. The Hall–Kier alpha value is -2.11. The number of fused-ring (bicyclic) bond motifs is 2. The predicted octanol–water partition coefficient (Wildman–Crippen LogP) is 4.24. The van der Waals surface area contributed by atoms with Gasteiger partial charge in [-0.1, -0.05) is 6.92 Å². The first kappa shape index (κ1) is 16.4. The number of rotatable bonds is 3. The van der Waals surface area contributed by atoms with Gasteiger partial charge < -0.3 is 9.52 Å². The third-order valence-electron chi connectivity index (χ3n) is 5.19. The molecule has 0 saturated carbocycles. The fourth-order valence-electron chi connectivity index (χ4n) is 3.72. The summed E-state index contributed by atoms with van der Waals surface area (Å²) in [7, 11) is 0. The topological polar surface area (TPSA) is 53.7 Å². The maximum Gasteiger partial charge on any atom is 0.336 e. The van der Waals surface area contributed by atoms with E-state index in [-0.39, 0.29) is 11.4 Å². The summed E-state index contributed by atoms with van der Waals surface area (Å²) in [6.07, 6.45) is 1.79. The molecule has 0 spiro atoms. The maximum absolute atomic E-state index is 12.0. The summed E-state index contributed by atoms with van der Waals surface area (Å²) >= 11 is 1.83. The zero-order valence-electron chi connectivity index (χ0n) is 14.4. The second-order valence-corrected chi connectivity index (χ2v) is 7.62. The van der Waals surface area contributed by atoms with Crippen molar-refractivity contribution in [2.45, 2.75) is 39.3 Å². The molecule has 0 aliphatic carbocycles. The van der Waals surface area contributed by atoms with E-state index >= 15 is 0 Å². The van der Waals surface area contributed by atoms with Crippen molar-refractivity contribution in [1.29, 1.82) is 0 Å². The van der Waals surface area contributed by atoms with Crippen molar-refractivity contribution in [2.24, 2.45) is 0 Å². The SMILES string of the molecule is CCc1cc2c(CN3CCc4sccc4[C@H]3C)cc(=O)oc2cc1O. The number of benzene rings is 1. The molecule has 1 N–H and O–H groups in total. The van der Waals surface area contributed by atoms with Crippen molar-refractivity contribution in [2.75, 3.05) is 6.54 Å². The summed E-state index contributed by atoms with van der Waals surface area (Å²) in [5, 5.41) is 13.1. The minimum absolute atomic E-state index is 0.185. The number of nitrogens with zero attached hydrogens (tertiary/aromatic N) is 1. The van der Waals surface area contributed by atoms with Gasteiger partial charge in [0, 0.05) is 41.5 Å². The third-order valence-corrected chi connectivity index (χ3v) is 6.18. The van der Waals surface area contributed by atoms with E-state index in [0.29, 0.717) is 18.2 Å². The van der Waals surface area contributed by atoms with Crippen molar-refractivity contribution in [3.63, 3.8) is 0 Å². The second-order valence-electron chi connectivity index (χ2n) is 6.62. The lowest BCUT2D eigenvalue weighted by molar-refractivity contribution is 0.192. The molecule has 1 atom stereocenters. The van der Waals surface area contributed by atoms with Crippen LogP contribution in [-0.4, -0.2) is 16.6 Å². The number of hydrogen-bond acceptors (Lipinski definition) is 5. The van der Waals surface area contributed by atoms with Crippen molar-refractivity contribution < 1.29 is 9.52 Å². The van der Waals surface area contributed by atoms with Crippen LogP contribution in [0.1, 0.15) is 41.5 Å². The average molecular weight is 355 g/mol. The lowest BCUT2D eigenvalue weighted by Crippen LogP contribution is -2.32. The Morgan fingerprint density at radius 1 is 1.32 bits per heavy atom. The molecule has 3 aromatic rings. The number of phenols is 1. The molecule has 2 aromatic heterocycles. The summed E-state index contributed by atoms with van der Waals surface area (Å²) in [6.45, 7) is 5.91. The molecule has 0 bridgehead atoms. The first-order valence-electron chi connectivity index (χ1n) is 8.65. The minimum atomic E-state index is -0.368. The monoisotopic (exact) mass is 355 g/mol. The highest BCUT2D eigenvalue weighted by Crippen LogP contribution is 2.35. The molecular weight excluding hydrogens is 334 g/mol. The van der Waals surface area contributed by atoms with E-state index in [1.807, 2.05) is 24.3 Å². The van der Waals surface area contributed by atoms with Gasteiger partial charge in [0.05, 0.1) is 0 Å². The quantitative estimate of drug-likeness (QED) is 0.714. The van der Waals surface area contributed by atoms with Crippen molar-refractivity contribution in [3.8, 4) is 5.75 Å². The van der Waals surface area contributed by atoms with Crippen LogP contribution in [0.25, 0.3) is 11.0 Å². The van der Waals surface area contributed by atoms with Crippen molar-refractivity contribution >= 4 is 22.3 Å².